The Morgan fingerprint density at radius 1 is 0.929 bits per heavy atom. The fourth-order valence-electron chi connectivity index (χ4n) is 5.31. The van der Waals surface area contributed by atoms with E-state index < -0.39 is 0 Å². The van der Waals surface area contributed by atoms with Crippen molar-refractivity contribution in [2.75, 3.05) is 32.7 Å². The van der Waals surface area contributed by atoms with Crippen LogP contribution >= 0.6 is 0 Å². The van der Waals surface area contributed by atoms with Gasteiger partial charge in [0.15, 0.2) is 0 Å². The molecule has 3 aliphatic rings. The number of benzene rings is 1. The molecule has 3 fully saturated rings. The van der Waals surface area contributed by atoms with Crippen LogP contribution in [-0.2, 0) is 6.54 Å². The maximum atomic E-state index is 6.48. The summed E-state index contributed by atoms with van der Waals surface area (Å²) in [6.45, 7) is 6.95. The van der Waals surface area contributed by atoms with E-state index in [0.29, 0.717) is 5.92 Å². The lowest BCUT2D eigenvalue weighted by molar-refractivity contribution is 0.0452. The fourth-order valence-corrected chi connectivity index (χ4v) is 5.31. The van der Waals surface area contributed by atoms with Gasteiger partial charge in [-0.1, -0.05) is 12.1 Å². The van der Waals surface area contributed by atoms with Crippen LogP contribution in [0.25, 0.3) is 0 Å². The molecule has 0 aliphatic carbocycles. The van der Waals surface area contributed by atoms with Crippen molar-refractivity contribution < 1.29 is 4.74 Å². The van der Waals surface area contributed by atoms with E-state index in [-0.39, 0.29) is 5.60 Å². The monoisotopic (exact) mass is 377 g/mol. The minimum absolute atomic E-state index is 0.0780. The van der Waals surface area contributed by atoms with Gasteiger partial charge in [0.1, 0.15) is 11.4 Å². The first kappa shape index (κ1) is 18.1. The van der Waals surface area contributed by atoms with Crippen LogP contribution in [0.4, 0.5) is 0 Å². The number of hydrogen-bond donors (Lipinski definition) is 0. The van der Waals surface area contributed by atoms with Crippen molar-refractivity contribution in [3.05, 3.63) is 59.9 Å². The van der Waals surface area contributed by atoms with Gasteiger partial charge in [-0.15, -0.1) is 0 Å². The highest BCUT2D eigenvalue weighted by molar-refractivity contribution is 5.28. The van der Waals surface area contributed by atoms with E-state index in [1.807, 2.05) is 12.4 Å². The zero-order valence-corrected chi connectivity index (χ0v) is 16.7. The summed E-state index contributed by atoms with van der Waals surface area (Å²) in [6, 6.07) is 13.2. The van der Waals surface area contributed by atoms with Crippen molar-refractivity contribution >= 4 is 0 Å². The van der Waals surface area contributed by atoms with Gasteiger partial charge in [-0.3, -0.25) is 14.8 Å². The van der Waals surface area contributed by atoms with E-state index in [9.17, 15) is 0 Å². The number of piperidine rings is 2. The summed E-state index contributed by atoms with van der Waals surface area (Å²) < 4.78 is 6.48. The molecule has 1 aromatic heterocycles. The van der Waals surface area contributed by atoms with E-state index in [2.05, 4.69) is 51.2 Å². The summed E-state index contributed by atoms with van der Waals surface area (Å²) in [5.41, 5.74) is 2.92. The summed E-state index contributed by atoms with van der Waals surface area (Å²) in [4.78, 5) is 9.28. The SMILES string of the molecule is c1cc(C2CCN(Cc3ccc(O[C@@]45CCCN(CC4)C5)cc3)CC2)ccn1. The molecule has 4 nitrogen and oxygen atoms in total. The highest BCUT2D eigenvalue weighted by Crippen LogP contribution is 2.36. The number of hydrogen-bond acceptors (Lipinski definition) is 4. The molecule has 4 heterocycles. The van der Waals surface area contributed by atoms with Crippen molar-refractivity contribution in [2.24, 2.45) is 0 Å². The van der Waals surface area contributed by atoms with Gasteiger partial charge in [0.05, 0.1) is 0 Å². The maximum absolute atomic E-state index is 6.48. The van der Waals surface area contributed by atoms with Crippen LogP contribution in [0.2, 0.25) is 0 Å². The van der Waals surface area contributed by atoms with Crippen LogP contribution in [0.15, 0.2) is 48.8 Å². The van der Waals surface area contributed by atoms with Crippen LogP contribution in [0.1, 0.15) is 49.1 Å². The zero-order valence-electron chi connectivity index (χ0n) is 16.7. The van der Waals surface area contributed by atoms with E-state index in [4.69, 9.17) is 4.74 Å². The standard InChI is InChI=1S/C24H31N3O/c1-10-24(11-17-27(14-1)19-24)28-23-4-2-20(3-5-23)18-26-15-8-22(9-16-26)21-6-12-25-13-7-21/h2-7,12-13,22H,1,8-11,14-19H2/t24-/m0/s1. The Kier molecular flexibility index (Phi) is 5.08. The second-order valence-electron chi connectivity index (χ2n) is 8.89. The van der Waals surface area contributed by atoms with Crippen LogP contribution in [-0.4, -0.2) is 53.1 Å². The molecule has 5 rings (SSSR count). The van der Waals surface area contributed by atoms with Gasteiger partial charge in [0.2, 0.25) is 0 Å². The number of rotatable bonds is 5. The maximum Gasteiger partial charge on any atom is 0.123 e. The lowest BCUT2D eigenvalue weighted by Gasteiger charge is -2.34. The molecule has 1 unspecified atom stereocenters. The molecule has 2 bridgehead atoms. The third-order valence-corrected chi connectivity index (χ3v) is 6.93. The zero-order chi connectivity index (χ0) is 18.8. The summed E-state index contributed by atoms with van der Waals surface area (Å²) in [5.74, 6) is 1.74. The predicted octanol–water partition coefficient (Wildman–Crippen LogP) is 4.08. The summed E-state index contributed by atoms with van der Waals surface area (Å²) in [7, 11) is 0. The van der Waals surface area contributed by atoms with Crippen LogP contribution in [0, 0.1) is 0 Å². The largest absolute Gasteiger partial charge is 0.486 e. The van der Waals surface area contributed by atoms with Crippen molar-refractivity contribution in [3.8, 4) is 5.75 Å². The Morgan fingerprint density at radius 3 is 2.50 bits per heavy atom. The first-order valence-corrected chi connectivity index (χ1v) is 10.9. The number of pyridine rings is 1. The van der Waals surface area contributed by atoms with Crippen LogP contribution in [0.3, 0.4) is 0 Å². The average Bonchev–Trinajstić information content (AvgIpc) is 3.04. The third-order valence-electron chi connectivity index (χ3n) is 6.93. The summed E-state index contributed by atoms with van der Waals surface area (Å²) >= 11 is 0. The van der Waals surface area contributed by atoms with Gasteiger partial charge in [-0.05, 0) is 86.6 Å². The van der Waals surface area contributed by atoms with Crippen molar-refractivity contribution in [1.82, 2.24) is 14.8 Å². The minimum Gasteiger partial charge on any atom is -0.486 e. The van der Waals surface area contributed by atoms with E-state index in [1.54, 1.807) is 0 Å². The first-order valence-electron chi connectivity index (χ1n) is 10.9. The lowest BCUT2D eigenvalue weighted by Crippen LogP contribution is -2.43. The van der Waals surface area contributed by atoms with Crippen molar-refractivity contribution in [2.45, 2.75) is 50.2 Å². The quantitative estimate of drug-likeness (QED) is 0.785. The average molecular weight is 378 g/mol. The van der Waals surface area contributed by atoms with Gasteiger partial charge >= 0.3 is 0 Å². The Bertz CT molecular complexity index is 766. The fraction of sp³-hybridized carbons (Fsp3) is 0.542. The molecule has 0 amide bonds. The molecule has 2 atom stereocenters. The van der Waals surface area contributed by atoms with Gasteiger partial charge in [0, 0.05) is 38.4 Å². The van der Waals surface area contributed by atoms with Gasteiger partial charge < -0.3 is 4.74 Å². The second-order valence-corrected chi connectivity index (χ2v) is 8.89. The normalized spacial score (nSPS) is 28.4. The van der Waals surface area contributed by atoms with Crippen LogP contribution in [0.5, 0.6) is 5.75 Å². The van der Waals surface area contributed by atoms with E-state index in [0.717, 1.165) is 18.8 Å². The summed E-state index contributed by atoms with van der Waals surface area (Å²) in [5, 5.41) is 0. The first-order chi connectivity index (χ1) is 13.8. The van der Waals surface area contributed by atoms with E-state index >= 15 is 0 Å². The van der Waals surface area contributed by atoms with Crippen molar-refractivity contribution in [3.63, 3.8) is 0 Å². The van der Waals surface area contributed by atoms with Gasteiger partial charge in [-0.2, -0.15) is 0 Å². The molecule has 3 saturated heterocycles. The molecule has 148 valence electrons. The number of nitrogens with zero attached hydrogens (tertiary/aromatic N) is 3. The molecule has 28 heavy (non-hydrogen) atoms. The molecule has 4 heteroatoms. The predicted molar refractivity (Wildman–Crippen MR) is 112 cm³/mol. The number of ether oxygens (including phenoxy) is 1. The molecule has 2 aromatic rings. The molecule has 3 aliphatic heterocycles. The molecular weight excluding hydrogens is 346 g/mol. The highest BCUT2D eigenvalue weighted by atomic mass is 16.5. The Labute approximate surface area is 168 Å². The minimum atomic E-state index is 0.0780. The van der Waals surface area contributed by atoms with Gasteiger partial charge in [-0.25, -0.2) is 0 Å². The molecule has 1 aromatic carbocycles. The smallest absolute Gasteiger partial charge is 0.123 e. The molecule has 0 saturated carbocycles. The molecule has 0 radical (unpaired) electrons. The van der Waals surface area contributed by atoms with E-state index in [1.165, 1.54) is 69.4 Å². The third kappa shape index (κ3) is 3.94. The highest BCUT2D eigenvalue weighted by Gasteiger charge is 2.42. The van der Waals surface area contributed by atoms with Gasteiger partial charge in [0.25, 0.3) is 0 Å². The number of aromatic nitrogens is 1. The number of likely N-dealkylation sites (tertiary alicyclic amines) is 1. The Hall–Kier alpha value is -1.91. The molecule has 0 spiro atoms. The van der Waals surface area contributed by atoms with Crippen molar-refractivity contribution in [1.29, 1.82) is 0 Å². The lowest BCUT2D eigenvalue weighted by atomic mass is 9.90. The molecular formula is C24H31N3O. The Morgan fingerprint density at radius 2 is 1.71 bits per heavy atom. The second kappa shape index (κ2) is 7.84. The topological polar surface area (TPSA) is 28.6 Å². The Balaban J connectivity index is 1.14. The van der Waals surface area contributed by atoms with Crippen LogP contribution < -0.4 is 4.74 Å². The summed E-state index contributed by atoms with van der Waals surface area (Å²) in [6.07, 6.45) is 9.98. The molecule has 0 N–H and O–H groups in total. The number of fused-ring (bicyclic) bond motifs is 2.